The van der Waals surface area contributed by atoms with E-state index in [1.165, 1.54) is 0 Å². The van der Waals surface area contributed by atoms with Gasteiger partial charge in [0.2, 0.25) is 5.91 Å². The number of likely N-dealkylation sites (tertiary alicyclic amines) is 1. The summed E-state index contributed by atoms with van der Waals surface area (Å²) in [6.45, 7) is 4.01. The Bertz CT molecular complexity index is 544. The van der Waals surface area contributed by atoms with E-state index in [1.807, 2.05) is 19.1 Å². The first-order chi connectivity index (χ1) is 9.97. The molecule has 5 nitrogen and oxygen atoms in total. The smallest absolute Gasteiger partial charge is 0.310 e. The number of benzene rings is 1. The van der Waals surface area contributed by atoms with E-state index in [0.717, 1.165) is 18.5 Å². The van der Waals surface area contributed by atoms with Crippen molar-refractivity contribution in [2.45, 2.75) is 32.7 Å². The average Bonchev–Trinajstić information content (AvgIpc) is 2.84. The van der Waals surface area contributed by atoms with Crippen LogP contribution in [0.2, 0.25) is 0 Å². The van der Waals surface area contributed by atoms with E-state index < -0.39 is 17.3 Å². The number of nitrogens with two attached hydrogens (primary N) is 1. The van der Waals surface area contributed by atoms with Crippen molar-refractivity contribution in [3.63, 3.8) is 0 Å². The molecule has 114 valence electrons. The maximum atomic E-state index is 11.6. The highest BCUT2D eigenvalue weighted by Crippen LogP contribution is 2.36. The van der Waals surface area contributed by atoms with Gasteiger partial charge >= 0.3 is 5.97 Å². The van der Waals surface area contributed by atoms with Gasteiger partial charge in [-0.2, -0.15) is 0 Å². The van der Waals surface area contributed by atoms with Crippen LogP contribution in [-0.4, -0.2) is 35.0 Å². The number of hydrogen-bond acceptors (Lipinski definition) is 3. The van der Waals surface area contributed by atoms with Gasteiger partial charge in [0.1, 0.15) is 0 Å². The molecule has 5 heteroatoms. The van der Waals surface area contributed by atoms with Crippen LogP contribution in [0.3, 0.4) is 0 Å². The lowest BCUT2D eigenvalue weighted by molar-refractivity contribution is -0.148. The van der Waals surface area contributed by atoms with Gasteiger partial charge in [0.25, 0.3) is 0 Å². The Morgan fingerprint density at radius 1 is 1.43 bits per heavy atom. The fourth-order valence-electron chi connectivity index (χ4n) is 3.14. The fraction of sp³-hybridized carbons (Fsp3) is 0.500. The minimum Gasteiger partial charge on any atom is -0.481 e. The van der Waals surface area contributed by atoms with Gasteiger partial charge in [-0.3, -0.25) is 14.5 Å². The van der Waals surface area contributed by atoms with Crippen molar-refractivity contribution in [3.05, 3.63) is 35.4 Å². The Labute approximate surface area is 124 Å². The molecule has 1 fully saturated rings. The van der Waals surface area contributed by atoms with Crippen molar-refractivity contribution in [2.24, 2.45) is 11.1 Å². The highest BCUT2D eigenvalue weighted by molar-refractivity contribution is 5.92. The lowest BCUT2D eigenvalue weighted by atomic mass is 9.83. The van der Waals surface area contributed by atoms with E-state index in [1.54, 1.807) is 12.1 Å². The molecule has 0 radical (unpaired) electrons. The van der Waals surface area contributed by atoms with E-state index in [4.69, 9.17) is 5.73 Å². The quantitative estimate of drug-likeness (QED) is 0.837. The van der Waals surface area contributed by atoms with Crippen molar-refractivity contribution in [1.82, 2.24) is 4.90 Å². The number of rotatable bonds is 6. The summed E-state index contributed by atoms with van der Waals surface area (Å²) in [5.41, 5.74) is 6.15. The van der Waals surface area contributed by atoms with E-state index in [0.29, 0.717) is 31.5 Å². The lowest BCUT2D eigenvalue weighted by Gasteiger charge is -2.24. The zero-order chi connectivity index (χ0) is 15.5. The zero-order valence-electron chi connectivity index (χ0n) is 12.3. The van der Waals surface area contributed by atoms with Gasteiger partial charge in [-0.25, -0.2) is 0 Å². The molecule has 0 spiro atoms. The fourth-order valence-corrected chi connectivity index (χ4v) is 3.14. The summed E-state index contributed by atoms with van der Waals surface area (Å²) in [5.74, 6) is -1.14. The minimum atomic E-state index is -0.697. The third kappa shape index (κ3) is 3.42. The summed E-state index contributed by atoms with van der Waals surface area (Å²) >= 11 is 0. The molecule has 21 heavy (non-hydrogen) atoms. The molecular weight excluding hydrogens is 268 g/mol. The van der Waals surface area contributed by atoms with Crippen molar-refractivity contribution in [3.8, 4) is 0 Å². The van der Waals surface area contributed by atoms with E-state index in [-0.39, 0.29) is 0 Å². The lowest BCUT2D eigenvalue weighted by Crippen LogP contribution is -2.34. The predicted octanol–water partition coefficient (Wildman–Crippen LogP) is 1.86. The van der Waals surface area contributed by atoms with Crippen LogP contribution in [0, 0.1) is 5.41 Å². The molecule has 1 aliphatic rings. The Hall–Kier alpha value is -1.88. The van der Waals surface area contributed by atoms with Crippen LogP contribution in [0.15, 0.2) is 24.3 Å². The van der Waals surface area contributed by atoms with Crippen molar-refractivity contribution < 1.29 is 14.7 Å². The zero-order valence-corrected chi connectivity index (χ0v) is 12.3. The standard InChI is InChI=1S/C16H22N2O3/c1-2-6-16(15(20)21)7-8-18(11-16)10-12-4-3-5-13(9-12)14(17)19/h3-5,9H,2,6-8,10-11H2,1H3,(H2,17,19)(H,20,21). The molecule has 0 bridgehead atoms. The van der Waals surface area contributed by atoms with Gasteiger partial charge in [-0.05, 0) is 37.1 Å². The SMILES string of the molecule is CCCC1(C(=O)O)CCN(Cc2cccc(C(N)=O)c2)C1. The molecule has 1 atom stereocenters. The molecule has 1 unspecified atom stereocenters. The molecule has 1 aromatic rings. The molecule has 0 saturated carbocycles. The van der Waals surface area contributed by atoms with E-state index in [2.05, 4.69) is 4.90 Å². The van der Waals surface area contributed by atoms with Gasteiger partial charge in [-0.15, -0.1) is 0 Å². The second-order valence-electron chi connectivity index (χ2n) is 5.86. The Morgan fingerprint density at radius 3 is 2.81 bits per heavy atom. The van der Waals surface area contributed by atoms with E-state index >= 15 is 0 Å². The number of carboxylic acids is 1. The highest BCUT2D eigenvalue weighted by atomic mass is 16.4. The molecule has 1 aliphatic heterocycles. The summed E-state index contributed by atoms with van der Waals surface area (Å²) < 4.78 is 0. The summed E-state index contributed by atoms with van der Waals surface area (Å²) in [7, 11) is 0. The van der Waals surface area contributed by atoms with Gasteiger partial charge in [-0.1, -0.05) is 25.5 Å². The molecule has 1 amide bonds. The minimum absolute atomic E-state index is 0.441. The van der Waals surface area contributed by atoms with Crippen LogP contribution in [0.25, 0.3) is 0 Å². The molecular formula is C16H22N2O3. The van der Waals surface area contributed by atoms with Crippen LogP contribution in [0.5, 0.6) is 0 Å². The highest BCUT2D eigenvalue weighted by Gasteiger charge is 2.43. The average molecular weight is 290 g/mol. The van der Waals surface area contributed by atoms with Crippen LogP contribution < -0.4 is 5.73 Å². The second-order valence-corrected chi connectivity index (χ2v) is 5.86. The Balaban J connectivity index is 2.07. The second kappa shape index (κ2) is 6.26. The largest absolute Gasteiger partial charge is 0.481 e. The number of amides is 1. The molecule has 0 aromatic heterocycles. The maximum absolute atomic E-state index is 11.6. The van der Waals surface area contributed by atoms with Crippen molar-refractivity contribution >= 4 is 11.9 Å². The molecule has 1 saturated heterocycles. The topological polar surface area (TPSA) is 83.6 Å². The molecule has 2 rings (SSSR count). The van der Waals surface area contributed by atoms with Gasteiger partial charge in [0.05, 0.1) is 5.41 Å². The number of primary amides is 1. The maximum Gasteiger partial charge on any atom is 0.310 e. The summed E-state index contributed by atoms with van der Waals surface area (Å²) in [6, 6.07) is 7.21. The van der Waals surface area contributed by atoms with Crippen LogP contribution in [0.1, 0.15) is 42.1 Å². The number of nitrogens with zero attached hydrogens (tertiary/aromatic N) is 1. The first kappa shape index (κ1) is 15.5. The number of carbonyl (C=O) groups excluding carboxylic acids is 1. The van der Waals surface area contributed by atoms with Gasteiger partial charge < -0.3 is 10.8 Å². The molecule has 3 N–H and O–H groups in total. The first-order valence-electron chi connectivity index (χ1n) is 7.31. The van der Waals surface area contributed by atoms with Crippen molar-refractivity contribution in [2.75, 3.05) is 13.1 Å². The number of carbonyl (C=O) groups is 2. The summed E-state index contributed by atoms with van der Waals surface area (Å²) in [6.07, 6.45) is 2.27. The number of aliphatic carboxylic acids is 1. The third-order valence-electron chi connectivity index (χ3n) is 4.23. The van der Waals surface area contributed by atoms with Crippen LogP contribution >= 0.6 is 0 Å². The molecule has 1 heterocycles. The Morgan fingerprint density at radius 2 is 2.19 bits per heavy atom. The molecule has 0 aliphatic carbocycles. The summed E-state index contributed by atoms with van der Waals surface area (Å²) in [5, 5.41) is 9.51. The van der Waals surface area contributed by atoms with E-state index in [9.17, 15) is 14.7 Å². The summed E-state index contributed by atoms with van der Waals surface area (Å²) in [4.78, 5) is 24.9. The normalized spacial score (nSPS) is 22.3. The third-order valence-corrected chi connectivity index (χ3v) is 4.23. The van der Waals surface area contributed by atoms with Crippen LogP contribution in [0.4, 0.5) is 0 Å². The number of carboxylic acid groups (broad SMARTS) is 1. The molecule has 1 aromatic carbocycles. The monoisotopic (exact) mass is 290 g/mol. The van der Waals surface area contributed by atoms with Gasteiger partial charge in [0, 0.05) is 18.7 Å². The Kier molecular flexibility index (Phi) is 4.63. The van der Waals surface area contributed by atoms with Crippen LogP contribution in [-0.2, 0) is 11.3 Å². The van der Waals surface area contributed by atoms with Crippen molar-refractivity contribution in [1.29, 1.82) is 0 Å². The number of hydrogen-bond donors (Lipinski definition) is 2. The van der Waals surface area contributed by atoms with Gasteiger partial charge in [0.15, 0.2) is 0 Å². The first-order valence-corrected chi connectivity index (χ1v) is 7.31. The predicted molar refractivity (Wildman–Crippen MR) is 79.8 cm³/mol.